The zero-order valence-corrected chi connectivity index (χ0v) is 19.0. The first-order valence-electron chi connectivity index (χ1n) is 11.3. The van der Waals surface area contributed by atoms with Crippen LogP contribution in [0.25, 0.3) is 10.2 Å². The van der Waals surface area contributed by atoms with Crippen LogP contribution in [0, 0.1) is 0 Å². The lowest BCUT2D eigenvalue weighted by atomic mass is 9.91. The lowest BCUT2D eigenvalue weighted by Crippen LogP contribution is -2.65. The van der Waals surface area contributed by atoms with Gasteiger partial charge in [0, 0.05) is 17.1 Å². The molecule has 1 aliphatic carbocycles. The van der Waals surface area contributed by atoms with Crippen molar-refractivity contribution in [3.05, 3.63) is 53.0 Å². The smallest absolute Gasteiger partial charge is 0.275 e. The number of hydrogen-bond acceptors (Lipinski definition) is 3. The van der Waals surface area contributed by atoms with Crippen molar-refractivity contribution in [2.75, 3.05) is 4.90 Å². The Labute approximate surface area is 187 Å². The Balaban J connectivity index is 1.58. The summed E-state index contributed by atoms with van der Waals surface area (Å²) in [5.74, 6) is -0.170. The number of hydrogen-bond donors (Lipinski definition) is 1. The summed E-state index contributed by atoms with van der Waals surface area (Å²) in [6.07, 6.45) is 6.52. The molecule has 2 aromatic heterocycles. The molecule has 0 spiro atoms. The minimum atomic E-state index is -0.995. The molecular weight excluding hydrogens is 406 g/mol. The van der Waals surface area contributed by atoms with Crippen molar-refractivity contribution >= 4 is 39.1 Å². The van der Waals surface area contributed by atoms with Crippen LogP contribution in [-0.4, -0.2) is 28.0 Å². The number of aromatic nitrogens is 1. The minimum absolute atomic E-state index is 0.0589. The zero-order valence-electron chi connectivity index (χ0n) is 18.2. The maximum Gasteiger partial charge on any atom is 0.275 e. The highest BCUT2D eigenvalue weighted by molar-refractivity contribution is 7.16. The number of anilines is 1. The first kappa shape index (κ1) is 20.3. The molecule has 0 unspecified atom stereocenters. The largest absolute Gasteiger partial charge is 0.351 e. The van der Waals surface area contributed by atoms with Crippen molar-refractivity contribution in [1.29, 1.82) is 0 Å². The van der Waals surface area contributed by atoms with E-state index in [-0.39, 0.29) is 17.9 Å². The summed E-state index contributed by atoms with van der Waals surface area (Å²) in [5.41, 5.74) is 1.65. The predicted octanol–water partition coefficient (Wildman–Crippen LogP) is 5.13. The van der Waals surface area contributed by atoms with Gasteiger partial charge in [0.25, 0.3) is 5.91 Å². The number of thiophene rings is 1. The molecule has 1 atom stereocenters. The van der Waals surface area contributed by atoms with Crippen molar-refractivity contribution in [3.63, 3.8) is 0 Å². The fraction of sp³-hybridized carbons (Fsp3) is 0.440. The van der Waals surface area contributed by atoms with Crippen LogP contribution in [0.2, 0.25) is 0 Å². The number of aryl methyl sites for hydroxylation is 1. The molecule has 1 fully saturated rings. The summed E-state index contributed by atoms with van der Waals surface area (Å²) in [6, 6.07) is 12.2. The van der Waals surface area contributed by atoms with Crippen LogP contribution in [0.3, 0.4) is 0 Å². The molecule has 162 valence electrons. The maximum atomic E-state index is 13.8. The van der Waals surface area contributed by atoms with Crippen molar-refractivity contribution in [1.82, 2.24) is 9.88 Å². The number of nitrogens with one attached hydrogen (secondary N) is 1. The van der Waals surface area contributed by atoms with Crippen LogP contribution in [-0.2, 0) is 17.8 Å². The molecule has 1 saturated carbocycles. The van der Waals surface area contributed by atoms with Crippen LogP contribution in [0.1, 0.15) is 62.0 Å². The third-order valence-corrected chi connectivity index (χ3v) is 7.87. The summed E-state index contributed by atoms with van der Waals surface area (Å²) in [7, 11) is 0. The fourth-order valence-corrected chi connectivity index (χ4v) is 5.97. The second-order valence-electron chi connectivity index (χ2n) is 9.04. The molecule has 6 heteroatoms. The van der Waals surface area contributed by atoms with Gasteiger partial charge in [-0.05, 0) is 61.4 Å². The topological polar surface area (TPSA) is 54.3 Å². The van der Waals surface area contributed by atoms with Gasteiger partial charge in [0.05, 0.1) is 6.54 Å². The minimum Gasteiger partial charge on any atom is -0.351 e. The van der Waals surface area contributed by atoms with E-state index < -0.39 is 5.54 Å². The Hall–Kier alpha value is -2.60. The van der Waals surface area contributed by atoms with Crippen molar-refractivity contribution in [2.45, 2.75) is 70.5 Å². The molecule has 0 radical (unpaired) electrons. The number of carbonyl (C=O) groups is 2. The highest BCUT2D eigenvalue weighted by Gasteiger charge is 2.49. The molecule has 1 aliphatic heterocycles. The van der Waals surface area contributed by atoms with Crippen molar-refractivity contribution in [2.24, 2.45) is 0 Å². The van der Waals surface area contributed by atoms with Crippen LogP contribution >= 0.6 is 11.3 Å². The molecular formula is C25H29N3O2S. The second kappa shape index (κ2) is 7.83. The van der Waals surface area contributed by atoms with Crippen LogP contribution in [0.4, 0.5) is 5.69 Å². The van der Waals surface area contributed by atoms with Crippen LogP contribution in [0.5, 0.6) is 0 Å². The lowest BCUT2D eigenvalue weighted by Gasteiger charge is -2.44. The Morgan fingerprint density at radius 3 is 2.61 bits per heavy atom. The highest BCUT2D eigenvalue weighted by atomic mass is 32.1. The Morgan fingerprint density at radius 1 is 1.16 bits per heavy atom. The summed E-state index contributed by atoms with van der Waals surface area (Å²) < 4.78 is 2.04. The van der Waals surface area contributed by atoms with E-state index in [4.69, 9.17) is 0 Å². The van der Waals surface area contributed by atoms with E-state index in [1.807, 2.05) is 53.3 Å². The molecule has 5 nitrogen and oxygen atoms in total. The first-order valence-corrected chi connectivity index (χ1v) is 12.2. The number of nitrogens with zero attached hydrogens (tertiary/aromatic N) is 2. The normalized spacial score (nSPS) is 22.0. The molecule has 0 saturated heterocycles. The summed E-state index contributed by atoms with van der Waals surface area (Å²) in [4.78, 5) is 30.3. The van der Waals surface area contributed by atoms with E-state index in [1.165, 1.54) is 12.0 Å². The quantitative estimate of drug-likeness (QED) is 0.617. The van der Waals surface area contributed by atoms with E-state index in [0.717, 1.165) is 48.0 Å². The Bertz CT molecular complexity index is 1120. The summed E-state index contributed by atoms with van der Waals surface area (Å²) >= 11 is 1.62. The molecule has 1 N–H and O–H groups in total. The summed E-state index contributed by atoms with van der Waals surface area (Å²) in [6.45, 7) is 4.48. The fourth-order valence-electron chi connectivity index (χ4n) is 5.07. The number of fused-ring (bicyclic) bond motifs is 3. The number of amides is 2. The van der Waals surface area contributed by atoms with Gasteiger partial charge < -0.3 is 9.88 Å². The monoisotopic (exact) mass is 435 g/mol. The van der Waals surface area contributed by atoms with Gasteiger partial charge in [-0.2, -0.15) is 0 Å². The molecule has 3 aromatic rings. The van der Waals surface area contributed by atoms with E-state index in [2.05, 4.69) is 12.2 Å². The van der Waals surface area contributed by atoms with Gasteiger partial charge >= 0.3 is 0 Å². The molecule has 0 bridgehead atoms. The average Bonchev–Trinajstić information content (AvgIpc) is 3.37. The van der Waals surface area contributed by atoms with Gasteiger partial charge in [0.2, 0.25) is 5.91 Å². The first-order chi connectivity index (χ1) is 15.0. The van der Waals surface area contributed by atoms with Gasteiger partial charge in [0.1, 0.15) is 16.1 Å². The van der Waals surface area contributed by atoms with Crippen molar-refractivity contribution < 1.29 is 9.59 Å². The average molecular weight is 436 g/mol. The van der Waals surface area contributed by atoms with Crippen molar-refractivity contribution in [3.8, 4) is 0 Å². The summed E-state index contributed by atoms with van der Waals surface area (Å²) in [5, 5.41) is 6.40. The van der Waals surface area contributed by atoms with Gasteiger partial charge in [0.15, 0.2) is 0 Å². The molecule has 3 heterocycles. The standard InChI is InChI=1S/C25H29N3O2S/c1-3-17-9-11-20(12-10-17)28-22(29)21-15-18-13-14-31-23(18)27(21)16-25(28,2)24(30)26-19-7-5-4-6-8-19/h9-15,19H,3-8,16H2,1-2H3,(H,26,30)/t25-/m1/s1. The molecule has 2 amide bonds. The lowest BCUT2D eigenvalue weighted by molar-refractivity contribution is -0.127. The maximum absolute atomic E-state index is 13.8. The van der Waals surface area contributed by atoms with Gasteiger partial charge in [-0.25, -0.2) is 0 Å². The molecule has 5 rings (SSSR count). The second-order valence-corrected chi connectivity index (χ2v) is 9.93. The molecule has 31 heavy (non-hydrogen) atoms. The third-order valence-electron chi connectivity index (χ3n) is 6.92. The number of carbonyl (C=O) groups excluding carboxylic acids is 2. The van der Waals surface area contributed by atoms with Crippen LogP contribution < -0.4 is 10.2 Å². The van der Waals surface area contributed by atoms with Gasteiger partial charge in [-0.3, -0.25) is 14.5 Å². The number of benzene rings is 1. The third kappa shape index (κ3) is 3.37. The van der Waals surface area contributed by atoms with Gasteiger partial charge in [-0.1, -0.05) is 38.3 Å². The van der Waals surface area contributed by atoms with E-state index in [9.17, 15) is 9.59 Å². The SMILES string of the molecule is CCc1ccc(N2C(=O)c3cc4ccsc4n3C[C@]2(C)C(=O)NC2CCCCC2)cc1. The van der Waals surface area contributed by atoms with Crippen LogP contribution in [0.15, 0.2) is 41.8 Å². The molecule has 2 aliphatic rings. The van der Waals surface area contributed by atoms with E-state index in [0.29, 0.717) is 12.2 Å². The predicted molar refractivity (Wildman–Crippen MR) is 126 cm³/mol. The zero-order chi connectivity index (χ0) is 21.6. The van der Waals surface area contributed by atoms with E-state index >= 15 is 0 Å². The highest BCUT2D eigenvalue weighted by Crippen LogP contribution is 2.37. The molecule has 1 aromatic carbocycles. The van der Waals surface area contributed by atoms with Gasteiger partial charge in [-0.15, -0.1) is 11.3 Å². The van der Waals surface area contributed by atoms with E-state index in [1.54, 1.807) is 16.2 Å². The Morgan fingerprint density at radius 2 is 1.90 bits per heavy atom. The Kier molecular flexibility index (Phi) is 5.13. The number of rotatable bonds is 4.